The minimum Gasteiger partial charge on any atom is -0.372 e. The molecule has 0 amide bonds. The number of hydrogen-bond acceptors (Lipinski definition) is 6. The molecule has 1 aliphatic heterocycles. The number of benzene rings is 2. The number of nitrogens with one attached hydrogen (secondary N) is 1. The van der Waals surface area contributed by atoms with Gasteiger partial charge in [0.2, 0.25) is 0 Å². The lowest BCUT2D eigenvalue weighted by Gasteiger charge is -2.22. The van der Waals surface area contributed by atoms with E-state index < -0.39 is 16.7 Å². The van der Waals surface area contributed by atoms with E-state index in [2.05, 4.69) is 40.7 Å². The smallest absolute Gasteiger partial charge is 0.278 e. The van der Waals surface area contributed by atoms with Crippen LogP contribution < -0.4 is 15.2 Å². The van der Waals surface area contributed by atoms with Crippen molar-refractivity contribution in [3.63, 3.8) is 0 Å². The van der Waals surface area contributed by atoms with Gasteiger partial charge in [-0.1, -0.05) is 39.0 Å². The summed E-state index contributed by atoms with van der Waals surface area (Å²) in [6, 6.07) is 13.1. The summed E-state index contributed by atoms with van der Waals surface area (Å²) in [6.07, 6.45) is 0. The number of fused-ring (bicyclic) bond motifs is 1. The molecular weight excluding hydrogens is 500 g/mol. The van der Waals surface area contributed by atoms with Gasteiger partial charge in [0.15, 0.2) is 5.82 Å². The highest BCUT2D eigenvalue weighted by molar-refractivity contribution is 7.80. The van der Waals surface area contributed by atoms with Gasteiger partial charge >= 0.3 is 0 Å². The highest BCUT2D eigenvalue weighted by Crippen LogP contribution is 2.32. The monoisotopic (exact) mass is 534 g/mol. The summed E-state index contributed by atoms with van der Waals surface area (Å²) in [5, 5.41) is 4.68. The van der Waals surface area contributed by atoms with E-state index in [4.69, 9.17) is 9.98 Å². The fourth-order valence-electron chi connectivity index (χ4n) is 4.51. The van der Waals surface area contributed by atoms with Crippen LogP contribution in [0, 0.1) is 19.3 Å². The molecule has 3 aromatic rings. The molecule has 1 aliphatic rings. The molecule has 1 unspecified atom stereocenters. The van der Waals surface area contributed by atoms with Crippen LogP contribution in [-0.4, -0.2) is 42.9 Å². The molecule has 38 heavy (non-hydrogen) atoms. The quantitative estimate of drug-likeness (QED) is 0.399. The Balaban J connectivity index is 1.93. The average molecular weight is 535 g/mol. The molecule has 1 aromatic heterocycles. The summed E-state index contributed by atoms with van der Waals surface area (Å²) >= 11 is -2.28. The Morgan fingerprint density at radius 3 is 2.39 bits per heavy atom. The van der Waals surface area contributed by atoms with E-state index in [9.17, 15) is 13.6 Å². The zero-order chi connectivity index (χ0) is 27.8. The Hall–Kier alpha value is -3.63. The maximum atomic E-state index is 13.5. The Bertz CT molecular complexity index is 1530. The highest BCUT2D eigenvalue weighted by Gasteiger charge is 2.35. The number of hydrogen-bond donors (Lipinski definition) is 2. The van der Waals surface area contributed by atoms with E-state index in [1.165, 1.54) is 4.68 Å². The molecule has 9 nitrogen and oxygen atoms in total. The Kier molecular flexibility index (Phi) is 7.66. The van der Waals surface area contributed by atoms with Gasteiger partial charge in [-0.05, 0) is 57.5 Å². The van der Waals surface area contributed by atoms with E-state index in [0.29, 0.717) is 39.8 Å². The van der Waals surface area contributed by atoms with E-state index in [1.807, 2.05) is 33.8 Å². The van der Waals surface area contributed by atoms with Crippen LogP contribution in [0.2, 0.25) is 0 Å². The number of nitrogens with zero attached hydrogens (tertiary/aromatic N) is 5. The van der Waals surface area contributed by atoms with Crippen molar-refractivity contribution in [2.45, 2.75) is 48.5 Å². The minimum absolute atomic E-state index is 0.314. The van der Waals surface area contributed by atoms with Crippen LogP contribution in [0.5, 0.6) is 0 Å². The van der Waals surface area contributed by atoms with Gasteiger partial charge in [-0.2, -0.15) is 9.78 Å². The molecule has 200 valence electrons. The first-order valence-electron chi connectivity index (χ1n) is 12.6. The highest BCUT2D eigenvalue weighted by atomic mass is 32.2. The third-order valence-corrected chi connectivity index (χ3v) is 6.95. The number of aromatic nitrogens is 2. The molecule has 0 aliphatic carbocycles. The van der Waals surface area contributed by atoms with Crippen molar-refractivity contribution in [2.24, 2.45) is 15.5 Å². The Labute approximate surface area is 225 Å². The van der Waals surface area contributed by atoms with Gasteiger partial charge in [-0.3, -0.25) is 14.1 Å². The van der Waals surface area contributed by atoms with Crippen LogP contribution >= 0.6 is 0 Å². The lowest BCUT2D eigenvalue weighted by atomic mass is 9.87. The first kappa shape index (κ1) is 27.4. The zero-order valence-electron chi connectivity index (χ0n) is 22.9. The fraction of sp³-hybridized carbons (Fsp3) is 0.357. The topological polar surface area (TPSA) is 112 Å². The molecule has 0 spiro atoms. The largest absolute Gasteiger partial charge is 0.372 e. The van der Waals surface area contributed by atoms with E-state index in [-0.39, 0.29) is 5.56 Å². The van der Waals surface area contributed by atoms with Crippen molar-refractivity contribution in [1.29, 1.82) is 0 Å². The number of aliphatic imine (C=N–C) groups is 1. The van der Waals surface area contributed by atoms with Crippen LogP contribution in [0.1, 0.15) is 51.6 Å². The number of para-hydroxylation sites is 1. The van der Waals surface area contributed by atoms with Gasteiger partial charge in [0.1, 0.15) is 5.71 Å². The summed E-state index contributed by atoms with van der Waals surface area (Å²) in [6.45, 7) is 15.9. The van der Waals surface area contributed by atoms with Crippen LogP contribution in [0.15, 0.2) is 57.4 Å². The third-order valence-electron chi connectivity index (χ3n) is 6.55. The second-order valence-electron chi connectivity index (χ2n) is 10.2. The molecular formula is C28H34N6O3S. The molecule has 0 bridgehead atoms. The second-order valence-corrected chi connectivity index (χ2v) is 10.9. The molecule has 0 fully saturated rings. The van der Waals surface area contributed by atoms with Crippen molar-refractivity contribution < 1.29 is 8.76 Å². The fourth-order valence-corrected chi connectivity index (χ4v) is 4.87. The molecule has 2 N–H and O–H groups in total. The lowest BCUT2D eigenvalue weighted by Crippen LogP contribution is -2.28. The van der Waals surface area contributed by atoms with Gasteiger partial charge in [0.05, 0.1) is 22.8 Å². The summed E-state index contributed by atoms with van der Waals surface area (Å²) in [4.78, 5) is 25.7. The zero-order valence-corrected chi connectivity index (χ0v) is 23.7. The number of rotatable bonds is 7. The number of anilines is 2. The molecule has 1 atom stereocenters. The van der Waals surface area contributed by atoms with Gasteiger partial charge in [-0.15, -0.1) is 0 Å². The average Bonchev–Trinajstić information content (AvgIpc) is 3.23. The third kappa shape index (κ3) is 5.19. The van der Waals surface area contributed by atoms with Crippen molar-refractivity contribution in [2.75, 3.05) is 22.7 Å². The van der Waals surface area contributed by atoms with Crippen LogP contribution in [0.4, 0.5) is 17.1 Å². The number of aryl methyl sites for hydroxylation is 1. The van der Waals surface area contributed by atoms with Gasteiger partial charge in [-0.25, -0.2) is 14.2 Å². The molecule has 4 rings (SSSR count). The molecule has 0 saturated heterocycles. The summed E-state index contributed by atoms with van der Waals surface area (Å²) in [7, 11) is 0. The Morgan fingerprint density at radius 2 is 1.79 bits per heavy atom. The minimum atomic E-state index is -2.28. The van der Waals surface area contributed by atoms with Crippen molar-refractivity contribution in [3.8, 4) is 11.3 Å². The maximum Gasteiger partial charge on any atom is 0.278 e. The van der Waals surface area contributed by atoms with Gasteiger partial charge in [0.25, 0.3) is 16.8 Å². The van der Waals surface area contributed by atoms with E-state index in [1.54, 1.807) is 31.2 Å². The van der Waals surface area contributed by atoms with E-state index >= 15 is 0 Å². The SMILES string of the molecule is CCN(CC)c1ccc(N=C2C(C(C)(C)C)=Nn3c2nc(-c2ccccc2NS(=O)O)c(C)c3=O)c(C)c1. The van der Waals surface area contributed by atoms with Crippen LogP contribution in [-0.2, 0) is 11.3 Å². The van der Waals surface area contributed by atoms with Crippen molar-refractivity contribution >= 4 is 39.8 Å². The lowest BCUT2D eigenvalue weighted by molar-refractivity contribution is 0.570. The molecule has 0 saturated carbocycles. The Morgan fingerprint density at radius 1 is 1.11 bits per heavy atom. The van der Waals surface area contributed by atoms with Crippen LogP contribution in [0.25, 0.3) is 11.3 Å². The van der Waals surface area contributed by atoms with Gasteiger partial charge in [0, 0.05) is 35.3 Å². The normalized spacial score (nSPS) is 14.8. The predicted octanol–water partition coefficient (Wildman–Crippen LogP) is 5.31. The van der Waals surface area contributed by atoms with Gasteiger partial charge < -0.3 is 4.90 Å². The van der Waals surface area contributed by atoms with Crippen molar-refractivity contribution in [1.82, 2.24) is 9.66 Å². The molecule has 2 aromatic carbocycles. The first-order valence-corrected chi connectivity index (χ1v) is 13.7. The second kappa shape index (κ2) is 10.6. The summed E-state index contributed by atoms with van der Waals surface area (Å²) in [5.41, 5.74) is 5.09. The molecule has 0 radical (unpaired) electrons. The first-order chi connectivity index (χ1) is 18.0. The van der Waals surface area contributed by atoms with Crippen molar-refractivity contribution in [3.05, 3.63) is 69.8 Å². The van der Waals surface area contributed by atoms with E-state index in [0.717, 1.165) is 30.0 Å². The summed E-state index contributed by atoms with van der Waals surface area (Å²) in [5.74, 6) is 0.340. The molecule has 10 heteroatoms. The van der Waals surface area contributed by atoms with Crippen LogP contribution in [0.3, 0.4) is 0 Å². The molecule has 2 heterocycles. The summed E-state index contributed by atoms with van der Waals surface area (Å²) < 4.78 is 24.8. The maximum absolute atomic E-state index is 13.5. The standard InChI is InChI=1S/C28H34N6O3S/c1-8-33(9-2)19-14-15-21(17(3)16-19)29-24-25(28(5,6)7)31-34-26(24)30-23(18(4)27(34)35)20-12-10-11-13-22(20)32-38(36)37/h10-16,32H,8-9H2,1-7H3,(H,36,37). The predicted molar refractivity (Wildman–Crippen MR) is 156 cm³/mol.